The zero-order chi connectivity index (χ0) is 17.6. The highest BCUT2D eigenvalue weighted by molar-refractivity contribution is 6.31. The first-order valence-corrected chi connectivity index (χ1v) is 9.91. The molecule has 3 rings (SSSR count). The van der Waals surface area contributed by atoms with Crippen molar-refractivity contribution in [1.29, 1.82) is 0 Å². The molecule has 5 heteroatoms. The lowest BCUT2D eigenvalue weighted by atomic mass is 9.92. The summed E-state index contributed by atoms with van der Waals surface area (Å²) in [5, 5.41) is 0.856. The number of piperidine rings is 1. The Morgan fingerprint density at radius 3 is 2.68 bits per heavy atom. The van der Waals surface area contributed by atoms with E-state index in [0.717, 1.165) is 57.3 Å². The van der Waals surface area contributed by atoms with Gasteiger partial charge in [0.05, 0.1) is 0 Å². The molecule has 1 amide bonds. The first-order chi connectivity index (χ1) is 12.1. The lowest BCUT2D eigenvalue weighted by Gasteiger charge is -2.34. The molecule has 0 spiro atoms. The molecule has 0 bridgehead atoms. The van der Waals surface area contributed by atoms with E-state index in [1.165, 1.54) is 18.4 Å². The molecule has 1 aromatic carbocycles. The van der Waals surface area contributed by atoms with Gasteiger partial charge in [-0.05, 0) is 50.4 Å². The van der Waals surface area contributed by atoms with E-state index in [0.29, 0.717) is 18.2 Å². The number of carbonyl (C=O) groups excluding carboxylic acids is 1. The summed E-state index contributed by atoms with van der Waals surface area (Å²) < 4.78 is 0. The number of likely N-dealkylation sites (tertiary alicyclic amines) is 1. The van der Waals surface area contributed by atoms with Gasteiger partial charge in [0, 0.05) is 50.7 Å². The van der Waals surface area contributed by atoms with Crippen LogP contribution in [0.4, 0.5) is 0 Å². The molecule has 2 aliphatic rings. The van der Waals surface area contributed by atoms with Crippen molar-refractivity contribution in [3.8, 4) is 0 Å². The Morgan fingerprint density at radius 2 is 1.92 bits per heavy atom. The summed E-state index contributed by atoms with van der Waals surface area (Å²) in [6, 6.07) is 8.11. The van der Waals surface area contributed by atoms with E-state index in [1.54, 1.807) is 0 Å². The monoisotopic (exact) mass is 363 g/mol. The molecule has 0 saturated carbocycles. The van der Waals surface area contributed by atoms with Crippen molar-refractivity contribution >= 4 is 17.5 Å². The minimum Gasteiger partial charge on any atom is -0.340 e. The van der Waals surface area contributed by atoms with Crippen molar-refractivity contribution in [2.75, 3.05) is 46.3 Å². The summed E-state index contributed by atoms with van der Waals surface area (Å²) in [4.78, 5) is 19.3. The van der Waals surface area contributed by atoms with Gasteiger partial charge in [0.2, 0.25) is 5.91 Å². The van der Waals surface area contributed by atoms with Crippen molar-refractivity contribution in [2.45, 2.75) is 32.2 Å². The van der Waals surface area contributed by atoms with Crippen molar-refractivity contribution in [3.05, 3.63) is 34.9 Å². The maximum absolute atomic E-state index is 12.4. The summed E-state index contributed by atoms with van der Waals surface area (Å²) in [7, 11) is 2.12. The lowest BCUT2D eigenvalue weighted by Crippen LogP contribution is -2.47. The van der Waals surface area contributed by atoms with E-state index in [-0.39, 0.29) is 0 Å². The number of carbonyl (C=O) groups is 1. The fourth-order valence-electron chi connectivity index (χ4n) is 3.94. The van der Waals surface area contributed by atoms with Crippen LogP contribution in [0.5, 0.6) is 0 Å². The minimum absolute atomic E-state index is 0.344. The second-order valence-corrected chi connectivity index (χ2v) is 7.96. The van der Waals surface area contributed by atoms with Crippen LogP contribution in [-0.2, 0) is 11.3 Å². The van der Waals surface area contributed by atoms with Gasteiger partial charge in [-0.3, -0.25) is 9.69 Å². The average molecular weight is 364 g/mol. The van der Waals surface area contributed by atoms with E-state index in [4.69, 9.17) is 11.6 Å². The SMILES string of the molecule is CN1CCN(C(=O)CC[C@H]2CCCN(Cc3ccccc3Cl)C2)CC1. The molecule has 2 aliphatic heterocycles. The first-order valence-electron chi connectivity index (χ1n) is 9.54. The molecule has 2 heterocycles. The van der Waals surface area contributed by atoms with Gasteiger partial charge in [-0.25, -0.2) is 0 Å². The Kier molecular flexibility index (Phi) is 6.74. The second kappa shape index (κ2) is 9.02. The topological polar surface area (TPSA) is 26.8 Å². The number of nitrogens with zero attached hydrogens (tertiary/aromatic N) is 3. The quantitative estimate of drug-likeness (QED) is 0.804. The Labute approximate surface area is 156 Å². The smallest absolute Gasteiger partial charge is 0.222 e. The summed E-state index contributed by atoms with van der Waals surface area (Å²) in [6.45, 7) is 6.91. The molecular formula is C20H30ClN3O. The van der Waals surface area contributed by atoms with Crippen LogP contribution in [0, 0.1) is 5.92 Å². The van der Waals surface area contributed by atoms with E-state index in [2.05, 4.69) is 29.0 Å². The van der Waals surface area contributed by atoms with Gasteiger partial charge < -0.3 is 9.80 Å². The summed E-state index contributed by atoms with van der Waals surface area (Å²) in [6.07, 6.45) is 4.19. The van der Waals surface area contributed by atoms with Crippen LogP contribution in [-0.4, -0.2) is 66.9 Å². The normalized spacial score (nSPS) is 23.0. The van der Waals surface area contributed by atoms with Gasteiger partial charge in [-0.1, -0.05) is 29.8 Å². The highest BCUT2D eigenvalue weighted by Gasteiger charge is 2.23. The van der Waals surface area contributed by atoms with Gasteiger partial charge in [0.15, 0.2) is 0 Å². The number of halogens is 1. The van der Waals surface area contributed by atoms with Crippen LogP contribution in [0.1, 0.15) is 31.2 Å². The van der Waals surface area contributed by atoms with Crippen molar-refractivity contribution in [2.24, 2.45) is 5.92 Å². The molecule has 1 aromatic rings. The molecule has 4 nitrogen and oxygen atoms in total. The van der Waals surface area contributed by atoms with Crippen molar-refractivity contribution in [1.82, 2.24) is 14.7 Å². The molecule has 138 valence electrons. The molecule has 2 fully saturated rings. The maximum Gasteiger partial charge on any atom is 0.222 e. The third-order valence-electron chi connectivity index (χ3n) is 5.58. The molecular weight excluding hydrogens is 334 g/mol. The van der Waals surface area contributed by atoms with Crippen LogP contribution in [0.25, 0.3) is 0 Å². The molecule has 0 aromatic heterocycles. The van der Waals surface area contributed by atoms with E-state index in [1.807, 2.05) is 17.0 Å². The summed E-state index contributed by atoms with van der Waals surface area (Å²) in [5.41, 5.74) is 1.21. The van der Waals surface area contributed by atoms with Crippen LogP contribution in [0.3, 0.4) is 0 Å². The molecule has 0 aliphatic carbocycles. The number of amides is 1. The highest BCUT2D eigenvalue weighted by Crippen LogP contribution is 2.25. The first kappa shape index (κ1) is 18.7. The number of hydrogen-bond acceptors (Lipinski definition) is 3. The zero-order valence-electron chi connectivity index (χ0n) is 15.3. The minimum atomic E-state index is 0.344. The number of hydrogen-bond donors (Lipinski definition) is 0. The number of benzene rings is 1. The molecule has 2 saturated heterocycles. The standard InChI is InChI=1S/C20H30ClN3O/c1-22-11-13-24(14-12-22)20(25)9-8-17-5-4-10-23(15-17)16-18-6-2-3-7-19(18)21/h2-3,6-7,17H,4-5,8-16H2,1H3/t17-/m1/s1. The maximum atomic E-state index is 12.4. The Balaban J connectivity index is 1.44. The summed E-state index contributed by atoms with van der Waals surface area (Å²) >= 11 is 6.30. The van der Waals surface area contributed by atoms with Gasteiger partial charge in [0.25, 0.3) is 0 Å². The van der Waals surface area contributed by atoms with Crippen molar-refractivity contribution < 1.29 is 4.79 Å². The lowest BCUT2D eigenvalue weighted by molar-refractivity contribution is -0.133. The van der Waals surface area contributed by atoms with E-state index in [9.17, 15) is 4.79 Å². The third-order valence-corrected chi connectivity index (χ3v) is 5.95. The Bertz CT molecular complexity index is 572. The number of likely N-dealkylation sites (N-methyl/N-ethyl adjacent to an activating group) is 1. The van der Waals surface area contributed by atoms with Gasteiger partial charge in [0.1, 0.15) is 0 Å². The van der Waals surface area contributed by atoms with E-state index < -0.39 is 0 Å². The van der Waals surface area contributed by atoms with Gasteiger partial charge in [-0.15, -0.1) is 0 Å². The zero-order valence-corrected chi connectivity index (χ0v) is 16.0. The predicted molar refractivity (Wildman–Crippen MR) is 103 cm³/mol. The largest absolute Gasteiger partial charge is 0.340 e. The van der Waals surface area contributed by atoms with Crippen LogP contribution >= 0.6 is 11.6 Å². The molecule has 0 N–H and O–H groups in total. The van der Waals surface area contributed by atoms with E-state index >= 15 is 0 Å². The fraction of sp³-hybridized carbons (Fsp3) is 0.650. The predicted octanol–water partition coefficient (Wildman–Crippen LogP) is 3.11. The number of piperazine rings is 1. The van der Waals surface area contributed by atoms with Crippen LogP contribution in [0.2, 0.25) is 5.02 Å². The van der Waals surface area contributed by atoms with Gasteiger partial charge in [-0.2, -0.15) is 0 Å². The molecule has 25 heavy (non-hydrogen) atoms. The van der Waals surface area contributed by atoms with Crippen LogP contribution in [0.15, 0.2) is 24.3 Å². The molecule has 1 atom stereocenters. The Morgan fingerprint density at radius 1 is 1.16 bits per heavy atom. The molecule has 0 radical (unpaired) electrons. The second-order valence-electron chi connectivity index (χ2n) is 7.56. The third kappa shape index (κ3) is 5.44. The number of rotatable bonds is 5. The molecule has 0 unspecified atom stereocenters. The van der Waals surface area contributed by atoms with Crippen molar-refractivity contribution in [3.63, 3.8) is 0 Å². The summed E-state index contributed by atoms with van der Waals surface area (Å²) in [5.74, 6) is 0.976. The Hall–Kier alpha value is -1.10. The average Bonchev–Trinajstić information content (AvgIpc) is 2.63. The fourth-order valence-corrected chi connectivity index (χ4v) is 4.14. The van der Waals surface area contributed by atoms with Crippen LogP contribution < -0.4 is 0 Å². The van der Waals surface area contributed by atoms with Gasteiger partial charge >= 0.3 is 0 Å². The highest BCUT2D eigenvalue weighted by atomic mass is 35.5.